The van der Waals surface area contributed by atoms with Crippen molar-refractivity contribution in [2.45, 2.75) is 44.3 Å². The molecule has 2 aliphatic rings. The van der Waals surface area contributed by atoms with Crippen molar-refractivity contribution in [1.29, 1.82) is 0 Å². The molecule has 1 aromatic carbocycles. The Labute approximate surface area is 112 Å². The Balaban J connectivity index is 1.56. The lowest BCUT2D eigenvalue weighted by Crippen LogP contribution is -2.45. The number of halogens is 2. The van der Waals surface area contributed by atoms with Crippen LogP contribution in [0.5, 0.6) is 0 Å². The molecule has 0 radical (unpaired) electrons. The molecule has 0 bridgehead atoms. The van der Waals surface area contributed by atoms with E-state index in [-0.39, 0.29) is 11.6 Å². The molecule has 0 spiro atoms. The molecule has 1 N–H and O–H groups in total. The average molecular weight is 266 g/mol. The second-order valence-electron chi connectivity index (χ2n) is 5.67. The molecule has 2 unspecified atom stereocenters. The first-order valence-corrected chi connectivity index (χ1v) is 7.14. The fraction of sp³-hybridized carbons (Fsp3) is 0.600. The molecule has 0 aliphatic carbocycles. The van der Waals surface area contributed by atoms with Crippen molar-refractivity contribution >= 4 is 0 Å². The molecule has 2 nitrogen and oxygen atoms in total. The molecule has 2 aliphatic heterocycles. The number of nitrogens with one attached hydrogen (secondary N) is 1. The summed E-state index contributed by atoms with van der Waals surface area (Å²) < 4.78 is 26.6. The summed E-state index contributed by atoms with van der Waals surface area (Å²) in [5, 5.41) is 3.39. The van der Waals surface area contributed by atoms with E-state index in [0.29, 0.717) is 24.2 Å². The molecule has 0 aromatic heterocycles. The molecular formula is C15H20F2N2. The van der Waals surface area contributed by atoms with Crippen LogP contribution in [0.2, 0.25) is 0 Å². The number of hydrogen-bond donors (Lipinski definition) is 1. The van der Waals surface area contributed by atoms with E-state index in [9.17, 15) is 8.78 Å². The van der Waals surface area contributed by atoms with Crippen LogP contribution in [0.15, 0.2) is 18.2 Å². The summed E-state index contributed by atoms with van der Waals surface area (Å²) in [7, 11) is 0. The molecule has 1 aromatic rings. The molecule has 3 rings (SSSR count). The van der Waals surface area contributed by atoms with E-state index in [0.717, 1.165) is 25.5 Å². The van der Waals surface area contributed by atoms with Gasteiger partial charge < -0.3 is 10.2 Å². The second kappa shape index (κ2) is 5.55. The second-order valence-corrected chi connectivity index (χ2v) is 5.67. The van der Waals surface area contributed by atoms with Crippen molar-refractivity contribution in [3.8, 4) is 0 Å². The van der Waals surface area contributed by atoms with Gasteiger partial charge in [-0.1, -0.05) is 0 Å². The number of nitrogens with zero attached hydrogens (tertiary/aromatic N) is 1. The fourth-order valence-electron chi connectivity index (χ4n) is 3.34. The van der Waals surface area contributed by atoms with Gasteiger partial charge in [0.15, 0.2) is 0 Å². The van der Waals surface area contributed by atoms with Gasteiger partial charge in [-0.2, -0.15) is 0 Å². The Bertz CT molecular complexity index is 450. The maximum atomic E-state index is 13.5. The summed E-state index contributed by atoms with van der Waals surface area (Å²) in [6, 6.07) is 4.78. The smallest absolute Gasteiger partial charge is 0.127 e. The Morgan fingerprint density at radius 2 is 2.11 bits per heavy atom. The molecule has 2 heterocycles. The zero-order valence-corrected chi connectivity index (χ0v) is 11.0. The third-order valence-corrected chi connectivity index (χ3v) is 4.41. The van der Waals surface area contributed by atoms with E-state index >= 15 is 0 Å². The summed E-state index contributed by atoms with van der Waals surface area (Å²) >= 11 is 0. The van der Waals surface area contributed by atoms with Crippen LogP contribution in [0, 0.1) is 11.6 Å². The minimum Gasteiger partial charge on any atom is -0.310 e. The normalized spacial score (nSPS) is 27.5. The van der Waals surface area contributed by atoms with Gasteiger partial charge in [-0.3, -0.25) is 0 Å². The lowest BCUT2D eigenvalue weighted by molar-refractivity contribution is 0.166. The maximum absolute atomic E-state index is 13.5. The van der Waals surface area contributed by atoms with Crippen molar-refractivity contribution in [2.24, 2.45) is 0 Å². The first-order valence-electron chi connectivity index (χ1n) is 7.14. The van der Waals surface area contributed by atoms with E-state index in [1.54, 1.807) is 0 Å². The van der Waals surface area contributed by atoms with Crippen LogP contribution >= 0.6 is 0 Å². The van der Waals surface area contributed by atoms with Crippen molar-refractivity contribution < 1.29 is 8.78 Å². The standard InChI is InChI=1S/C15H20F2N2/c16-12-3-4-15(17)11(8-12)10-18-13-5-7-19-6-1-2-14(19)9-13/h3-4,8,13-14,18H,1-2,5-7,9-10H2. The van der Waals surface area contributed by atoms with Crippen LogP contribution in [0.1, 0.15) is 31.2 Å². The quantitative estimate of drug-likeness (QED) is 0.905. The van der Waals surface area contributed by atoms with Gasteiger partial charge in [-0.25, -0.2) is 8.78 Å². The minimum absolute atomic E-state index is 0.327. The van der Waals surface area contributed by atoms with Crippen molar-refractivity contribution in [3.05, 3.63) is 35.4 Å². The lowest BCUT2D eigenvalue weighted by Gasteiger charge is -2.35. The minimum atomic E-state index is -0.371. The summed E-state index contributed by atoms with van der Waals surface area (Å²) in [5.74, 6) is -0.698. The largest absolute Gasteiger partial charge is 0.310 e. The van der Waals surface area contributed by atoms with Gasteiger partial charge in [0.2, 0.25) is 0 Å². The van der Waals surface area contributed by atoms with E-state index < -0.39 is 0 Å². The lowest BCUT2D eigenvalue weighted by atomic mass is 9.97. The van der Waals surface area contributed by atoms with Crippen LogP contribution in [-0.4, -0.2) is 30.1 Å². The zero-order chi connectivity index (χ0) is 13.2. The van der Waals surface area contributed by atoms with Crippen LogP contribution in [0.3, 0.4) is 0 Å². The van der Waals surface area contributed by atoms with Gasteiger partial charge in [-0.05, 0) is 57.0 Å². The summed E-state index contributed by atoms with van der Waals surface area (Å²) in [4.78, 5) is 2.56. The zero-order valence-electron chi connectivity index (χ0n) is 11.0. The number of hydrogen-bond acceptors (Lipinski definition) is 2. The number of benzene rings is 1. The van der Waals surface area contributed by atoms with Gasteiger partial charge in [0.05, 0.1) is 0 Å². The number of fused-ring (bicyclic) bond motifs is 1. The monoisotopic (exact) mass is 266 g/mol. The third kappa shape index (κ3) is 2.95. The summed E-state index contributed by atoms with van der Waals surface area (Å²) in [5.41, 5.74) is 0.425. The molecule has 104 valence electrons. The van der Waals surface area contributed by atoms with Gasteiger partial charge >= 0.3 is 0 Å². The highest BCUT2D eigenvalue weighted by molar-refractivity contribution is 5.18. The van der Waals surface area contributed by atoms with E-state index in [4.69, 9.17) is 0 Å². The number of rotatable bonds is 3. The molecule has 2 saturated heterocycles. The first-order chi connectivity index (χ1) is 9.22. The SMILES string of the molecule is Fc1ccc(F)c(CNC2CCN3CCCC3C2)c1. The molecule has 2 fully saturated rings. The Morgan fingerprint density at radius 3 is 3.00 bits per heavy atom. The van der Waals surface area contributed by atoms with Gasteiger partial charge in [0, 0.05) is 24.2 Å². The Hall–Kier alpha value is -1.00. The highest BCUT2D eigenvalue weighted by Gasteiger charge is 2.31. The van der Waals surface area contributed by atoms with E-state index in [1.165, 1.54) is 31.5 Å². The van der Waals surface area contributed by atoms with Crippen molar-refractivity contribution in [3.63, 3.8) is 0 Å². The van der Waals surface area contributed by atoms with E-state index in [2.05, 4.69) is 10.2 Å². The van der Waals surface area contributed by atoms with E-state index in [1.807, 2.05) is 0 Å². The van der Waals surface area contributed by atoms with Crippen LogP contribution < -0.4 is 5.32 Å². The van der Waals surface area contributed by atoms with Crippen molar-refractivity contribution in [1.82, 2.24) is 10.2 Å². The first kappa shape index (κ1) is 13.0. The van der Waals surface area contributed by atoms with Crippen molar-refractivity contribution in [2.75, 3.05) is 13.1 Å². The molecule has 2 atom stereocenters. The Kier molecular flexibility index (Phi) is 3.80. The predicted molar refractivity (Wildman–Crippen MR) is 70.8 cm³/mol. The fourth-order valence-corrected chi connectivity index (χ4v) is 3.34. The highest BCUT2D eigenvalue weighted by atomic mass is 19.1. The molecular weight excluding hydrogens is 246 g/mol. The number of piperidine rings is 1. The summed E-state index contributed by atoms with van der Waals surface area (Å²) in [6.07, 6.45) is 4.83. The predicted octanol–water partition coefficient (Wildman–Crippen LogP) is 2.68. The van der Waals surface area contributed by atoms with Gasteiger partial charge in [0.1, 0.15) is 11.6 Å². The summed E-state index contributed by atoms with van der Waals surface area (Å²) in [6.45, 7) is 2.78. The van der Waals surface area contributed by atoms with Gasteiger partial charge in [-0.15, -0.1) is 0 Å². The average Bonchev–Trinajstić information content (AvgIpc) is 2.87. The third-order valence-electron chi connectivity index (χ3n) is 4.41. The van der Waals surface area contributed by atoms with Gasteiger partial charge in [0.25, 0.3) is 0 Å². The van der Waals surface area contributed by atoms with Crippen LogP contribution in [-0.2, 0) is 6.54 Å². The topological polar surface area (TPSA) is 15.3 Å². The molecule has 0 amide bonds. The molecule has 4 heteroatoms. The molecule has 0 saturated carbocycles. The van der Waals surface area contributed by atoms with Crippen LogP contribution in [0.4, 0.5) is 8.78 Å². The highest BCUT2D eigenvalue weighted by Crippen LogP contribution is 2.27. The molecule has 19 heavy (non-hydrogen) atoms. The maximum Gasteiger partial charge on any atom is 0.127 e. The Morgan fingerprint density at radius 1 is 1.21 bits per heavy atom. The van der Waals surface area contributed by atoms with Crippen LogP contribution in [0.25, 0.3) is 0 Å².